The molecule has 29 heavy (non-hydrogen) atoms. The summed E-state index contributed by atoms with van der Waals surface area (Å²) < 4.78 is 0. The minimum Gasteiger partial charge on any atom is -0.365 e. The zero-order chi connectivity index (χ0) is 19.8. The van der Waals surface area contributed by atoms with E-state index >= 15 is 0 Å². The van der Waals surface area contributed by atoms with Crippen LogP contribution in [0.4, 0.5) is 5.69 Å². The molecule has 0 bridgehead atoms. The Morgan fingerprint density at radius 1 is 1.07 bits per heavy atom. The van der Waals surface area contributed by atoms with Crippen LogP contribution in [0.25, 0.3) is 0 Å². The van der Waals surface area contributed by atoms with Crippen LogP contribution in [0.2, 0.25) is 0 Å². The fourth-order valence-corrected chi connectivity index (χ4v) is 4.69. The van der Waals surface area contributed by atoms with Gasteiger partial charge in [0.2, 0.25) is 0 Å². The Morgan fingerprint density at radius 3 is 2.69 bits per heavy atom. The van der Waals surface area contributed by atoms with Gasteiger partial charge in [-0.2, -0.15) is 0 Å². The van der Waals surface area contributed by atoms with E-state index in [-0.39, 0.29) is 11.3 Å². The highest BCUT2D eigenvalue weighted by Crippen LogP contribution is 2.45. The second-order valence-electron chi connectivity index (χ2n) is 8.21. The molecule has 1 saturated heterocycles. The van der Waals surface area contributed by atoms with E-state index in [0.717, 1.165) is 37.3 Å². The first-order valence-electron chi connectivity index (χ1n) is 10.1. The van der Waals surface area contributed by atoms with Crippen molar-refractivity contribution in [1.82, 2.24) is 14.9 Å². The van der Waals surface area contributed by atoms with E-state index < -0.39 is 0 Å². The fourth-order valence-electron chi connectivity index (χ4n) is 4.69. The summed E-state index contributed by atoms with van der Waals surface area (Å²) in [7, 11) is 0. The number of hydrogen-bond donors (Lipinski definition) is 0. The molecule has 1 aromatic carbocycles. The van der Waals surface area contributed by atoms with Gasteiger partial charge in [0.15, 0.2) is 0 Å². The average Bonchev–Trinajstić information content (AvgIpc) is 3.31. The smallest absolute Gasteiger partial charge is 0.253 e. The lowest BCUT2D eigenvalue weighted by Crippen LogP contribution is -2.38. The van der Waals surface area contributed by atoms with E-state index in [2.05, 4.69) is 22.0 Å². The lowest BCUT2D eigenvalue weighted by molar-refractivity contribution is 0.0784. The monoisotopic (exact) mass is 384 g/mol. The quantitative estimate of drug-likeness (QED) is 0.692. The van der Waals surface area contributed by atoms with Gasteiger partial charge in [-0.05, 0) is 49.2 Å². The molecular formula is C24H24N4O. The molecular weight excluding hydrogens is 360 g/mol. The van der Waals surface area contributed by atoms with Gasteiger partial charge in [0.1, 0.15) is 0 Å². The largest absolute Gasteiger partial charge is 0.365 e. The maximum Gasteiger partial charge on any atom is 0.253 e. The van der Waals surface area contributed by atoms with Crippen molar-refractivity contribution < 1.29 is 4.79 Å². The lowest BCUT2D eigenvalue weighted by atomic mass is 9.85. The Labute approximate surface area is 171 Å². The van der Waals surface area contributed by atoms with Crippen molar-refractivity contribution in [3.05, 3.63) is 89.5 Å². The average molecular weight is 384 g/mol. The number of hydrogen-bond acceptors (Lipinski definition) is 4. The van der Waals surface area contributed by atoms with E-state index in [0.29, 0.717) is 6.54 Å². The summed E-state index contributed by atoms with van der Waals surface area (Å²) >= 11 is 0. The third-order valence-electron chi connectivity index (χ3n) is 6.16. The van der Waals surface area contributed by atoms with Crippen LogP contribution in [-0.4, -0.2) is 40.4 Å². The van der Waals surface area contributed by atoms with Gasteiger partial charge in [-0.3, -0.25) is 14.8 Å². The molecule has 0 aliphatic carbocycles. The molecule has 0 radical (unpaired) electrons. The molecule has 5 rings (SSSR count). The number of pyridine rings is 2. The minimum atomic E-state index is -0.0981. The molecule has 0 saturated carbocycles. The van der Waals surface area contributed by atoms with Crippen molar-refractivity contribution in [3.8, 4) is 0 Å². The molecule has 2 aliphatic heterocycles. The number of carbonyl (C=O) groups is 1. The number of rotatable bonds is 3. The summed E-state index contributed by atoms with van der Waals surface area (Å²) in [5, 5.41) is 0. The van der Waals surface area contributed by atoms with Crippen LogP contribution >= 0.6 is 0 Å². The maximum atomic E-state index is 13.1. The SMILES string of the molecule is Cc1ccc(C(=O)N2CC[C@]3(C2)CN(Cc2cccnc2)c2cccnc23)cc1. The van der Waals surface area contributed by atoms with Crippen LogP contribution in [0.15, 0.2) is 67.1 Å². The number of amides is 1. The predicted octanol–water partition coefficient (Wildman–Crippen LogP) is 3.59. The molecule has 5 nitrogen and oxygen atoms in total. The van der Waals surface area contributed by atoms with Crippen LogP contribution in [0, 0.1) is 6.92 Å². The molecule has 0 unspecified atom stereocenters. The molecule has 0 N–H and O–H groups in total. The van der Waals surface area contributed by atoms with Crippen molar-refractivity contribution in [3.63, 3.8) is 0 Å². The van der Waals surface area contributed by atoms with Crippen molar-refractivity contribution in [1.29, 1.82) is 0 Å². The van der Waals surface area contributed by atoms with Gasteiger partial charge in [-0.15, -0.1) is 0 Å². The Hall–Kier alpha value is -3.21. The Morgan fingerprint density at radius 2 is 1.90 bits per heavy atom. The summed E-state index contributed by atoms with van der Waals surface area (Å²) in [5.41, 5.74) is 5.33. The molecule has 4 heterocycles. The predicted molar refractivity (Wildman–Crippen MR) is 113 cm³/mol. The van der Waals surface area contributed by atoms with Crippen molar-refractivity contribution >= 4 is 11.6 Å². The minimum absolute atomic E-state index is 0.0981. The Balaban J connectivity index is 1.41. The highest BCUT2D eigenvalue weighted by molar-refractivity contribution is 5.94. The number of benzene rings is 1. The van der Waals surface area contributed by atoms with Crippen molar-refractivity contribution in [2.75, 3.05) is 24.5 Å². The maximum absolute atomic E-state index is 13.1. The van der Waals surface area contributed by atoms with Gasteiger partial charge >= 0.3 is 0 Å². The van der Waals surface area contributed by atoms with Crippen LogP contribution in [0.1, 0.15) is 33.6 Å². The molecule has 1 amide bonds. The number of carbonyl (C=O) groups excluding carboxylic acids is 1. The van der Waals surface area contributed by atoms with Gasteiger partial charge in [0.05, 0.1) is 16.8 Å². The van der Waals surface area contributed by atoms with E-state index in [1.807, 2.05) is 60.6 Å². The summed E-state index contributed by atoms with van der Waals surface area (Å²) in [5.74, 6) is 0.116. The Bertz CT molecular complexity index is 1030. The molecule has 2 aliphatic rings. The number of aromatic nitrogens is 2. The van der Waals surface area contributed by atoms with Crippen LogP contribution < -0.4 is 4.90 Å². The summed E-state index contributed by atoms with van der Waals surface area (Å²) in [6.07, 6.45) is 6.54. The zero-order valence-corrected chi connectivity index (χ0v) is 16.6. The number of anilines is 1. The van der Waals surface area contributed by atoms with Gasteiger partial charge in [-0.25, -0.2) is 0 Å². The standard InChI is InChI=1S/C24H24N4O/c1-18-6-8-20(9-7-18)23(29)27-13-10-24(16-27)17-28(15-19-4-2-11-25-14-19)21-5-3-12-26-22(21)24/h2-9,11-12,14H,10,13,15-17H2,1H3/t24-/m0/s1. The third-order valence-corrected chi connectivity index (χ3v) is 6.16. The lowest BCUT2D eigenvalue weighted by Gasteiger charge is -2.26. The highest BCUT2D eigenvalue weighted by atomic mass is 16.2. The first-order valence-corrected chi connectivity index (χ1v) is 10.1. The number of aryl methyl sites for hydroxylation is 1. The first kappa shape index (κ1) is 17.9. The fraction of sp³-hybridized carbons (Fsp3) is 0.292. The van der Waals surface area contributed by atoms with Crippen molar-refractivity contribution in [2.24, 2.45) is 0 Å². The van der Waals surface area contributed by atoms with Gasteiger partial charge in [0.25, 0.3) is 5.91 Å². The highest BCUT2D eigenvalue weighted by Gasteiger charge is 2.49. The second kappa shape index (κ2) is 6.99. The number of fused-ring (bicyclic) bond motifs is 2. The molecule has 5 heteroatoms. The molecule has 146 valence electrons. The van der Waals surface area contributed by atoms with E-state index in [1.54, 1.807) is 6.20 Å². The molecule has 2 aromatic heterocycles. The topological polar surface area (TPSA) is 49.3 Å². The first-order chi connectivity index (χ1) is 14.1. The van der Waals surface area contributed by atoms with E-state index in [4.69, 9.17) is 4.98 Å². The molecule has 1 atom stereocenters. The van der Waals surface area contributed by atoms with Gasteiger partial charge in [-0.1, -0.05) is 23.8 Å². The van der Waals surface area contributed by atoms with E-state index in [1.165, 1.54) is 16.8 Å². The summed E-state index contributed by atoms with van der Waals surface area (Å²) in [4.78, 5) is 26.5. The molecule has 3 aromatic rings. The van der Waals surface area contributed by atoms with E-state index in [9.17, 15) is 4.79 Å². The second-order valence-corrected chi connectivity index (χ2v) is 8.21. The normalized spacial score (nSPS) is 20.3. The summed E-state index contributed by atoms with van der Waals surface area (Å²) in [6.45, 7) is 5.21. The Kier molecular flexibility index (Phi) is 4.31. The number of nitrogens with zero attached hydrogens (tertiary/aromatic N) is 4. The zero-order valence-electron chi connectivity index (χ0n) is 16.6. The molecule has 1 fully saturated rings. The van der Waals surface area contributed by atoms with Crippen molar-refractivity contribution in [2.45, 2.75) is 25.3 Å². The number of likely N-dealkylation sites (tertiary alicyclic amines) is 1. The molecule has 1 spiro atoms. The van der Waals surface area contributed by atoms with Crippen LogP contribution in [0.3, 0.4) is 0 Å². The third kappa shape index (κ3) is 3.16. The summed E-state index contributed by atoms with van der Waals surface area (Å²) in [6, 6.07) is 16.1. The van der Waals surface area contributed by atoms with Gasteiger partial charge in [0, 0.05) is 50.3 Å². The van der Waals surface area contributed by atoms with Crippen LogP contribution in [0.5, 0.6) is 0 Å². The van der Waals surface area contributed by atoms with Crippen LogP contribution in [-0.2, 0) is 12.0 Å². The van der Waals surface area contributed by atoms with Gasteiger partial charge < -0.3 is 9.80 Å².